The zero-order chi connectivity index (χ0) is 18.4. The van der Waals surface area contributed by atoms with Gasteiger partial charge in [-0.1, -0.05) is 6.07 Å². The van der Waals surface area contributed by atoms with Crippen molar-refractivity contribution < 1.29 is 23.8 Å². The van der Waals surface area contributed by atoms with Crippen molar-refractivity contribution in [3.63, 3.8) is 0 Å². The molecule has 136 valence electrons. The van der Waals surface area contributed by atoms with Crippen LogP contribution in [0.15, 0.2) is 35.5 Å². The number of nitrogens with zero attached hydrogens (tertiary/aromatic N) is 2. The van der Waals surface area contributed by atoms with E-state index in [1.54, 1.807) is 4.90 Å². The Balaban J connectivity index is 2.50. The van der Waals surface area contributed by atoms with E-state index in [9.17, 15) is 9.59 Å². The Kier molecular flexibility index (Phi) is 6.41. The van der Waals surface area contributed by atoms with E-state index in [4.69, 9.17) is 14.2 Å². The van der Waals surface area contributed by atoms with Gasteiger partial charge in [0.05, 0.1) is 26.4 Å². The highest BCUT2D eigenvalue weighted by atomic mass is 16.5. The van der Waals surface area contributed by atoms with Crippen LogP contribution < -0.4 is 9.80 Å². The molecule has 0 fully saturated rings. The van der Waals surface area contributed by atoms with Crippen molar-refractivity contribution in [1.82, 2.24) is 0 Å². The third-order valence-corrected chi connectivity index (χ3v) is 4.10. The van der Waals surface area contributed by atoms with E-state index >= 15 is 0 Å². The second-order valence-electron chi connectivity index (χ2n) is 5.41. The minimum atomic E-state index is -0.606. The Morgan fingerprint density at radius 3 is 2.44 bits per heavy atom. The first-order valence-corrected chi connectivity index (χ1v) is 8.17. The van der Waals surface area contributed by atoms with E-state index in [-0.39, 0.29) is 24.6 Å². The van der Waals surface area contributed by atoms with Crippen molar-refractivity contribution in [2.75, 3.05) is 50.4 Å². The fourth-order valence-electron chi connectivity index (χ4n) is 2.79. The van der Waals surface area contributed by atoms with Gasteiger partial charge in [0.15, 0.2) is 0 Å². The lowest BCUT2D eigenvalue weighted by Crippen LogP contribution is -2.38. The molecule has 7 heteroatoms. The highest BCUT2D eigenvalue weighted by Crippen LogP contribution is 2.29. The fourth-order valence-corrected chi connectivity index (χ4v) is 2.79. The predicted octanol–water partition coefficient (Wildman–Crippen LogP) is 1.93. The van der Waals surface area contributed by atoms with Crippen LogP contribution in [-0.2, 0) is 23.8 Å². The summed E-state index contributed by atoms with van der Waals surface area (Å²) in [4.78, 5) is 28.2. The first-order valence-electron chi connectivity index (χ1n) is 8.17. The van der Waals surface area contributed by atoms with Crippen LogP contribution >= 0.6 is 0 Å². The largest absolute Gasteiger partial charge is 0.466 e. The zero-order valence-electron chi connectivity index (χ0n) is 15.1. The van der Waals surface area contributed by atoms with Gasteiger partial charge in [-0.05, 0) is 32.0 Å². The summed E-state index contributed by atoms with van der Waals surface area (Å²) in [6.07, 6.45) is 0. The Labute approximate surface area is 147 Å². The number of benzene rings is 1. The van der Waals surface area contributed by atoms with Gasteiger partial charge in [0, 0.05) is 24.5 Å². The van der Waals surface area contributed by atoms with Crippen LogP contribution in [0.3, 0.4) is 0 Å². The van der Waals surface area contributed by atoms with Crippen molar-refractivity contribution in [1.29, 1.82) is 0 Å². The highest BCUT2D eigenvalue weighted by Gasteiger charge is 2.32. The van der Waals surface area contributed by atoms with Crippen molar-refractivity contribution in [3.05, 3.63) is 35.5 Å². The van der Waals surface area contributed by atoms with Crippen LogP contribution in [0.25, 0.3) is 0 Å². The summed E-state index contributed by atoms with van der Waals surface area (Å²) in [5.74, 6) is -1.21. The van der Waals surface area contributed by atoms with Gasteiger partial charge in [0.1, 0.15) is 12.4 Å². The van der Waals surface area contributed by atoms with Gasteiger partial charge in [0.2, 0.25) is 0 Å². The fraction of sp³-hybridized carbons (Fsp3) is 0.444. The lowest BCUT2D eigenvalue weighted by molar-refractivity contribution is -0.140. The van der Waals surface area contributed by atoms with Gasteiger partial charge in [-0.3, -0.25) is 0 Å². The lowest BCUT2D eigenvalue weighted by Gasteiger charge is -2.32. The molecular formula is C18H24N2O5. The number of esters is 2. The average Bonchev–Trinajstić information content (AvgIpc) is 2.67. The molecule has 0 atom stereocenters. The molecule has 0 bridgehead atoms. The maximum Gasteiger partial charge on any atom is 0.355 e. The average molecular weight is 348 g/mol. The third kappa shape index (κ3) is 3.93. The molecule has 1 aromatic carbocycles. The number of anilines is 2. The summed E-state index contributed by atoms with van der Waals surface area (Å²) in [6.45, 7) is 6.04. The zero-order valence-corrected chi connectivity index (χ0v) is 15.1. The smallest absolute Gasteiger partial charge is 0.355 e. The molecule has 2 rings (SSSR count). The van der Waals surface area contributed by atoms with E-state index in [2.05, 4.69) is 18.7 Å². The molecule has 0 radical (unpaired) electrons. The first kappa shape index (κ1) is 18.8. The molecule has 0 aliphatic carbocycles. The van der Waals surface area contributed by atoms with Crippen LogP contribution in [0, 0.1) is 0 Å². The minimum absolute atomic E-state index is 0.00332. The normalized spacial score (nSPS) is 14.3. The number of carbonyl (C=O) groups is 2. The number of rotatable bonds is 6. The van der Waals surface area contributed by atoms with Crippen molar-refractivity contribution in [2.45, 2.75) is 13.8 Å². The molecule has 0 unspecified atom stereocenters. The summed E-state index contributed by atoms with van der Waals surface area (Å²) < 4.78 is 15.1. The second kappa shape index (κ2) is 8.53. The molecular weight excluding hydrogens is 324 g/mol. The number of ether oxygens (including phenoxy) is 3. The number of methoxy groups -OCH3 is 2. The highest BCUT2D eigenvalue weighted by molar-refractivity contribution is 6.03. The van der Waals surface area contributed by atoms with Gasteiger partial charge in [-0.15, -0.1) is 0 Å². The molecule has 1 aliphatic heterocycles. The molecule has 0 spiro atoms. The SMILES string of the molecule is CCN(CC)c1cccc(N2COCC(C(=O)OC)=C2C(=O)OC)c1. The van der Waals surface area contributed by atoms with Crippen LogP contribution in [0.4, 0.5) is 11.4 Å². The number of hydrogen-bond acceptors (Lipinski definition) is 7. The minimum Gasteiger partial charge on any atom is -0.466 e. The molecule has 1 aliphatic rings. The molecule has 0 saturated carbocycles. The summed E-state index contributed by atoms with van der Waals surface area (Å²) in [5.41, 5.74) is 2.06. The van der Waals surface area contributed by atoms with Crippen molar-refractivity contribution in [2.24, 2.45) is 0 Å². The first-order chi connectivity index (χ1) is 12.1. The van der Waals surface area contributed by atoms with Gasteiger partial charge in [-0.2, -0.15) is 0 Å². The Morgan fingerprint density at radius 1 is 1.16 bits per heavy atom. The standard InChI is InChI=1S/C18H24N2O5/c1-5-19(6-2)13-8-7-9-14(10-13)20-12-25-11-15(17(21)23-3)16(20)18(22)24-4/h7-10H,5-6,11-12H2,1-4H3. The quantitative estimate of drug-likeness (QED) is 0.728. The molecule has 0 amide bonds. The lowest BCUT2D eigenvalue weighted by atomic mass is 10.1. The molecule has 1 aromatic rings. The Morgan fingerprint density at radius 2 is 1.84 bits per heavy atom. The van der Waals surface area contributed by atoms with E-state index < -0.39 is 11.9 Å². The second-order valence-corrected chi connectivity index (χ2v) is 5.41. The maximum absolute atomic E-state index is 12.3. The number of carbonyl (C=O) groups excluding carboxylic acids is 2. The Hall–Kier alpha value is -2.54. The van der Waals surface area contributed by atoms with E-state index in [0.717, 1.165) is 24.5 Å². The van der Waals surface area contributed by atoms with E-state index in [1.165, 1.54) is 14.2 Å². The molecule has 0 N–H and O–H groups in total. The van der Waals surface area contributed by atoms with Crippen molar-refractivity contribution in [3.8, 4) is 0 Å². The van der Waals surface area contributed by atoms with Crippen LogP contribution in [0.1, 0.15) is 13.8 Å². The summed E-state index contributed by atoms with van der Waals surface area (Å²) in [6, 6.07) is 7.73. The molecule has 7 nitrogen and oxygen atoms in total. The molecule has 0 aromatic heterocycles. The molecule has 0 saturated heterocycles. The summed E-state index contributed by atoms with van der Waals surface area (Å²) in [5, 5.41) is 0. The maximum atomic E-state index is 12.3. The van der Waals surface area contributed by atoms with Crippen LogP contribution in [0.2, 0.25) is 0 Å². The van der Waals surface area contributed by atoms with Gasteiger partial charge >= 0.3 is 11.9 Å². The summed E-state index contributed by atoms with van der Waals surface area (Å²) in [7, 11) is 2.55. The third-order valence-electron chi connectivity index (χ3n) is 4.10. The van der Waals surface area contributed by atoms with Crippen LogP contribution in [-0.4, -0.2) is 52.6 Å². The summed E-state index contributed by atoms with van der Waals surface area (Å²) >= 11 is 0. The van der Waals surface area contributed by atoms with Gasteiger partial charge in [-0.25, -0.2) is 9.59 Å². The molecule has 25 heavy (non-hydrogen) atoms. The molecule has 1 heterocycles. The van der Waals surface area contributed by atoms with Gasteiger partial charge < -0.3 is 24.0 Å². The topological polar surface area (TPSA) is 68.3 Å². The van der Waals surface area contributed by atoms with Gasteiger partial charge in [0.25, 0.3) is 0 Å². The van der Waals surface area contributed by atoms with E-state index in [0.29, 0.717) is 0 Å². The monoisotopic (exact) mass is 348 g/mol. The predicted molar refractivity (Wildman–Crippen MR) is 94.4 cm³/mol. The van der Waals surface area contributed by atoms with E-state index in [1.807, 2.05) is 24.3 Å². The van der Waals surface area contributed by atoms with Crippen molar-refractivity contribution >= 4 is 23.3 Å². The Bertz CT molecular complexity index is 667. The van der Waals surface area contributed by atoms with Crippen LogP contribution in [0.5, 0.6) is 0 Å². The number of hydrogen-bond donors (Lipinski definition) is 0.